The van der Waals surface area contributed by atoms with Crippen molar-refractivity contribution < 1.29 is 4.74 Å². The molecule has 2 aromatic carbocycles. The molecule has 2 N–H and O–H groups in total. The van der Waals surface area contributed by atoms with E-state index in [0.717, 1.165) is 11.3 Å². The SMILES string of the molecule is CC(C)(C)c1cccc(OCc2cc(Cl)ccc2N)c1. The molecule has 0 saturated carbocycles. The lowest BCUT2D eigenvalue weighted by molar-refractivity contribution is 0.306. The topological polar surface area (TPSA) is 35.2 Å². The van der Waals surface area contributed by atoms with E-state index in [1.807, 2.05) is 18.2 Å². The summed E-state index contributed by atoms with van der Waals surface area (Å²) in [7, 11) is 0. The second kappa shape index (κ2) is 5.76. The molecule has 3 heteroatoms. The molecular formula is C17H20ClNO. The highest BCUT2D eigenvalue weighted by Crippen LogP contribution is 2.26. The fourth-order valence-electron chi connectivity index (χ4n) is 1.91. The lowest BCUT2D eigenvalue weighted by Crippen LogP contribution is -2.11. The number of hydrogen-bond donors (Lipinski definition) is 1. The summed E-state index contributed by atoms with van der Waals surface area (Å²) in [6.45, 7) is 6.96. The summed E-state index contributed by atoms with van der Waals surface area (Å²) in [5, 5.41) is 0.668. The zero-order valence-electron chi connectivity index (χ0n) is 12.1. The van der Waals surface area contributed by atoms with E-state index in [0.29, 0.717) is 17.3 Å². The Kier molecular flexibility index (Phi) is 4.24. The van der Waals surface area contributed by atoms with Crippen LogP contribution in [0, 0.1) is 0 Å². The van der Waals surface area contributed by atoms with E-state index >= 15 is 0 Å². The van der Waals surface area contributed by atoms with Gasteiger partial charge in [-0.25, -0.2) is 0 Å². The maximum atomic E-state index is 5.97. The molecule has 2 nitrogen and oxygen atoms in total. The van der Waals surface area contributed by atoms with Crippen LogP contribution >= 0.6 is 11.6 Å². The first kappa shape index (κ1) is 14.7. The number of benzene rings is 2. The Morgan fingerprint density at radius 2 is 1.85 bits per heavy atom. The van der Waals surface area contributed by atoms with E-state index in [1.54, 1.807) is 12.1 Å². The van der Waals surface area contributed by atoms with Gasteiger partial charge in [0.05, 0.1) is 0 Å². The number of rotatable bonds is 3. The summed E-state index contributed by atoms with van der Waals surface area (Å²) in [6.07, 6.45) is 0. The molecule has 0 heterocycles. The van der Waals surface area contributed by atoms with Gasteiger partial charge in [-0.1, -0.05) is 44.5 Å². The van der Waals surface area contributed by atoms with Gasteiger partial charge in [-0.05, 0) is 41.3 Å². The molecule has 0 atom stereocenters. The smallest absolute Gasteiger partial charge is 0.120 e. The van der Waals surface area contributed by atoms with Gasteiger partial charge in [-0.3, -0.25) is 0 Å². The van der Waals surface area contributed by atoms with Crippen LogP contribution in [0.25, 0.3) is 0 Å². The van der Waals surface area contributed by atoms with Gasteiger partial charge in [0.25, 0.3) is 0 Å². The van der Waals surface area contributed by atoms with Gasteiger partial charge in [0.1, 0.15) is 12.4 Å². The van der Waals surface area contributed by atoms with Crippen molar-refractivity contribution in [1.29, 1.82) is 0 Å². The Balaban J connectivity index is 2.13. The molecule has 2 aromatic rings. The van der Waals surface area contributed by atoms with Crippen LogP contribution in [0.4, 0.5) is 5.69 Å². The molecule has 0 aliphatic heterocycles. The van der Waals surface area contributed by atoms with Crippen molar-refractivity contribution in [2.24, 2.45) is 0 Å². The molecule has 106 valence electrons. The minimum atomic E-state index is 0.106. The summed E-state index contributed by atoms with van der Waals surface area (Å²) in [5.41, 5.74) is 8.86. The first-order chi connectivity index (χ1) is 9.36. The predicted octanol–water partition coefficient (Wildman–Crippen LogP) is 4.80. The number of nitrogens with two attached hydrogens (primary N) is 1. The van der Waals surface area contributed by atoms with Crippen LogP contribution in [0.5, 0.6) is 5.75 Å². The third kappa shape index (κ3) is 3.67. The van der Waals surface area contributed by atoms with Crippen molar-refractivity contribution in [3.63, 3.8) is 0 Å². The Bertz CT molecular complexity index is 602. The van der Waals surface area contributed by atoms with Gasteiger partial charge < -0.3 is 10.5 Å². The Labute approximate surface area is 125 Å². The van der Waals surface area contributed by atoms with Gasteiger partial charge in [-0.2, -0.15) is 0 Å². The Morgan fingerprint density at radius 3 is 2.55 bits per heavy atom. The summed E-state index contributed by atoms with van der Waals surface area (Å²) in [4.78, 5) is 0. The first-order valence-electron chi connectivity index (χ1n) is 6.63. The van der Waals surface area contributed by atoms with Crippen molar-refractivity contribution in [2.45, 2.75) is 32.8 Å². The largest absolute Gasteiger partial charge is 0.489 e. The fraction of sp³-hybridized carbons (Fsp3) is 0.294. The third-order valence-corrected chi connectivity index (χ3v) is 3.43. The molecule has 2 rings (SSSR count). The van der Waals surface area contributed by atoms with Gasteiger partial charge in [0.15, 0.2) is 0 Å². The molecule has 0 spiro atoms. The van der Waals surface area contributed by atoms with Crippen LogP contribution in [0.1, 0.15) is 31.9 Å². The summed E-state index contributed by atoms with van der Waals surface area (Å²) in [6, 6.07) is 13.6. The van der Waals surface area contributed by atoms with Gasteiger partial charge in [0, 0.05) is 16.3 Å². The van der Waals surface area contributed by atoms with Crippen molar-refractivity contribution in [3.05, 3.63) is 58.6 Å². The third-order valence-electron chi connectivity index (χ3n) is 3.20. The molecule has 20 heavy (non-hydrogen) atoms. The summed E-state index contributed by atoms with van der Waals surface area (Å²) in [5.74, 6) is 0.844. The highest BCUT2D eigenvalue weighted by atomic mass is 35.5. The summed E-state index contributed by atoms with van der Waals surface area (Å²) < 4.78 is 5.83. The highest BCUT2D eigenvalue weighted by molar-refractivity contribution is 6.30. The van der Waals surface area contributed by atoms with Crippen molar-refractivity contribution in [3.8, 4) is 5.75 Å². The average Bonchev–Trinajstić information content (AvgIpc) is 2.39. The lowest BCUT2D eigenvalue weighted by Gasteiger charge is -2.20. The maximum Gasteiger partial charge on any atom is 0.120 e. The zero-order valence-corrected chi connectivity index (χ0v) is 12.9. The second-order valence-electron chi connectivity index (χ2n) is 5.91. The van der Waals surface area contributed by atoms with Crippen LogP contribution in [0.2, 0.25) is 5.02 Å². The quantitative estimate of drug-likeness (QED) is 0.824. The van der Waals surface area contributed by atoms with Gasteiger partial charge in [0.2, 0.25) is 0 Å². The molecule has 0 radical (unpaired) electrons. The molecule has 0 amide bonds. The lowest BCUT2D eigenvalue weighted by atomic mass is 9.87. The van der Waals surface area contributed by atoms with E-state index in [2.05, 4.69) is 32.9 Å². The first-order valence-corrected chi connectivity index (χ1v) is 7.01. The van der Waals surface area contributed by atoms with Gasteiger partial charge >= 0.3 is 0 Å². The predicted molar refractivity (Wildman–Crippen MR) is 85.3 cm³/mol. The number of ether oxygens (including phenoxy) is 1. The number of hydrogen-bond acceptors (Lipinski definition) is 2. The van der Waals surface area contributed by atoms with E-state index in [1.165, 1.54) is 5.56 Å². The standard InChI is InChI=1S/C17H20ClNO/c1-17(2,3)13-5-4-6-15(10-13)20-11-12-9-14(18)7-8-16(12)19/h4-10H,11,19H2,1-3H3. The monoisotopic (exact) mass is 289 g/mol. The van der Waals surface area contributed by atoms with E-state index in [-0.39, 0.29) is 5.41 Å². The van der Waals surface area contributed by atoms with Crippen LogP contribution < -0.4 is 10.5 Å². The maximum absolute atomic E-state index is 5.97. The van der Waals surface area contributed by atoms with Crippen molar-refractivity contribution in [1.82, 2.24) is 0 Å². The molecular weight excluding hydrogens is 270 g/mol. The molecule has 0 fully saturated rings. The fourth-order valence-corrected chi connectivity index (χ4v) is 2.11. The molecule has 0 saturated heterocycles. The number of halogens is 1. The van der Waals surface area contributed by atoms with Crippen molar-refractivity contribution >= 4 is 17.3 Å². The normalized spacial score (nSPS) is 11.4. The van der Waals surface area contributed by atoms with Crippen LogP contribution in [-0.4, -0.2) is 0 Å². The average molecular weight is 290 g/mol. The zero-order chi connectivity index (χ0) is 14.8. The van der Waals surface area contributed by atoms with E-state index in [4.69, 9.17) is 22.1 Å². The van der Waals surface area contributed by atoms with Crippen molar-refractivity contribution in [2.75, 3.05) is 5.73 Å². The van der Waals surface area contributed by atoms with Crippen LogP contribution in [0.15, 0.2) is 42.5 Å². The Hall–Kier alpha value is -1.67. The summed E-state index contributed by atoms with van der Waals surface area (Å²) >= 11 is 5.97. The minimum absolute atomic E-state index is 0.106. The van der Waals surface area contributed by atoms with E-state index in [9.17, 15) is 0 Å². The van der Waals surface area contributed by atoms with Gasteiger partial charge in [-0.15, -0.1) is 0 Å². The molecule has 0 unspecified atom stereocenters. The molecule has 0 aliphatic carbocycles. The number of anilines is 1. The van der Waals surface area contributed by atoms with Crippen LogP contribution in [0.3, 0.4) is 0 Å². The molecule has 0 aliphatic rings. The minimum Gasteiger partial charge on any atom is -0.489 e. The number of nitrogen functional groups attached to an aromatic ring is 1. The Morgan fingerprint density at radius 1 is 1.10 bits per heavy atom. The molecule has 0 bridgehead atoms. The molecule has 0 aromatic heterocycles. The second-order valence-corrected chi connectivity index (χ2v) is 6.35. The van der Waals surface area contributed by atoms with E-state index < -0.39 is 0 Å². The van der Waals surface area contributed by atoms with Crippen LogP contribution in [-0.2, 0) is 12.0 Å². The highest BCUT2D eigenvalue weighted by Gasteiger charge is 2.14.